The Morgan fingerprint density at radius 1 is 1.33 bits per heavy atom. The molecular formula is C14H19ClN2O. The second kappa shape index (κ2) is 5.19. The summed E-state index contributed by atoms with van der Waals surface area (Å²) >= 11 is 5.87. The summed E-state index contributed by atoms with van der Waals surface area (Å²) < 4.78 is 0. The van der Waals surface area contributed by atoms with Crippen molar-refractivity contribution in [2.75, 3.05) is 18.8 Å². The van der Waals surface area contributed by atoms with Crippen LogP contribution in [-0.4, -0.2) is 23.9 Å². The Morgan fingerprint density at radius 3 is 2.50 bits per heavy atom. The first-order chi connectivity index (χ1) is 8.47. The smallest absolute Gasteiger partial charge is 0.253 e. The van der Waals surface area contributed by atoms with E-state index in [0.717, 1.165) is 13.1 Å². The minimum atomic E-state index is 0.0526. The van der Waals surface area contributed by atoms with Gasteiger partial charge in [-0.1, -0.05) is 25.4 Å². The van der Waals surface area contributed by atoms with Gasteiger partial charge in [-0.2, -0.15) is 0 Å². The van der Waals surface area contributed by atoms with Crippen LogP contribution in [0.15, 0.2) is 18.2 Å². The number of anilines is 1. The molecule has 1 aliphatic heterocycles. The van der Waals surface area contributed by atoms with E-state index >= 15 is 0 Å². The fourth-order valence-corrected chi connectivity index (χ4v) is 2.81. The molecule has 1 aliphatic rings. The second-order valence-electron chi connectivity index (χ2n) is 5.39. The van der Waals surface area contributed by atoms with Crippen LogP contribution in [0, 0.1) is 11.8 Å². The number of hydrogen-bond donors (Lipinski definition) is 1. The largest absolute Gasteiger partial charge is 0.398 e. The van der Waals surface area contributed by atoms with Crippen molar-refractivity contribution in [3.63, 3.8) is 0 Å². The van der Waals surface area contributed by atoms with Gasteiger partial charge in [-0.25, -0.2) is 0 Å². The highest BCUT2D eigenvalue weighted by atomic mass is 35.5. The zero-order chi connectivity index (χ0) is 13.3. The number of rotatable bonds is 1. The van der Waals surface area contributed by atoms with E-state index in [-0.39, 0.29) is 5.91 Å². The van der Waals surface area contributed by atoms with Gasteiger partial charge in [0.25, 0.3) is 5.91 Å². The average Bonchev–Trinajstić information content (AvgIpc) is 2.30. The molecular weight excluding hydrogens is 248 g/mol. The second-order valence-corrected chi connectivity index (χ2v) is 5.80. The van der Waals surface area contributed by atoms with Gasteiger partial charge >= 0.3 is 0 Å². The molecule has 1 aromatic rings. The van der Waals surface area contributed by atoms with Crippen molar-refractivity contribution < 1.29 is 4.79 Å². The van der Waals surface area contributed by atoms with Gasteiger partial charge < -0.3 is 10.6 Å². The van der Waals surface area contributed by atoms with Gasteiger partial charge in [-0.15, -0.1) is 0 Å². The first-order valence-electron chi connectivity index (χ1n) is 6.31. The Labute approximate surface area is 113 Å². The van der Waals surface area contributed by atoms with Crippen LogP contribution in [0.4, 0.5) is 5.69 Å². The molecule has 2 rings (SSSR count). The number of hydrogen-bond acceptors (Lipinski definition) is 2. The highest BCUT2D eigenvalue weighted by Gasteiger charge is 2.26. The molecule has 0 unspecified atom stereocenters. The number of nitrogens with zero attached hydrogens (tertiary/aromatic N) is 1. The maximum absolute atomic E-state index is 12.4. The van der Waals surface area contributed by atoms with Crippen LogP contribution in [0.2, 0.25) is 5.02 Å². The molecule has 0 radical (unpaired) electrons. The molecule has 3 nitrogen and oxygen atoms in total. The highest BCUT2D eigenvalue weighted by molar-refractivity contribution is 6.33. The molecule has 1 amide bonds. The maximum atomic E-state index is 12.4. The fraction of sp³-hybridized carbons (Fsp3) is 0.500. The summed E-state index contributed by atoms with van der Waals surface area (Å²) in [6.45, 7) is 6.02. The summed E-state index contributed by atoms with van der Waals surface area (Å²) in [4.78, 5) is 14.3. The number of benzene rings is 1. The monoisotopic (exact) mass is 266 g/mol. The van der Waals surface area contributed by atoms with Crippen LogP contribution in [0.3, 0.4) is 0 Å². The van der Waals surface area contributed by atoms with Gasteiger partial charge in [0.05, 0.1) is 10.7 Å². The molecule has 0 spiro atoms. The summed E-state index contributed by atoms with van der Waals surface area (Å²) in [5, 5.41) is 0.493. The molecule has 1 saturated heterocycles. The van der Waals surface area contributed by atoms with Crippen LogP contribution in [0.25, 0.3) is 0 Å². The van der Waals surface area contributed by atoms with E-state index in [2.05, 4.69) is 13.8 Å². The number of likely N-dealkylation sites (tertiary alicyclic amines) is 1. The average molecular weight is 267 g/mol. The van der Waals surface area contributed by atoms with Crippen LogP contribution >= 0.6 is 11.6 Å². The molecule has 18 heavy (non-hydrogen) atoms. The number of carbonyl (C=O) groups is 1. The molecule has 0 bridgehead atoms. The molecule has 0 aromatic heterocycles. The normalized spacial score (nSPS) is 24.1. The Hall–Kier alpha value is -1.22. The van der Waals surface area contributed by atoms with E-state index in [1.54, 1.807) is 18.2 Å². The van der Waals surface area contributed by atoms with Crippen LogP contribution in [0.1, 0.15) is 30.6 Å². The minimum Gasteiger partial charge on any atom is -0.398 e. The molecule has 1 fully saturated rings. The molecule has 2 atom stereocenters. The van der Waals surface area contributed by atoms with Crippen molar-refractivity contribution in [3.8, 4) is 0 Å². The molecule has 0 aliphatic carbocycles. The number of nitrogens with two attached hydrogens (primary N) is 1. The molecule has 4 heteroatoms. The lowest BCUT2D eigenvalue weighted by atomic mass is 9.91. The van der Waals surface area contributed by atoms with Gasteiger partial charge in [0.1, 0.15) is 0 Å². The highest BCUT2D eigenvalue weighted by Crippen LogP contribution is 2.24. The van der Waals surface area contributed by atoms with Crippen LogP contribution < -0.4 is 5.73 Å². The van der Waals surface area contributed by atoms with Crippen molar-refractivity contribution in [1.82, 2.24) is 4.90 Å². The number of carbonyl (C=O) groups excluding carboxylic acids is 1. The van der Waals surface area contributed by atoms with Crippen LogP contribution in [-0.2, 0) is 0 Å². The van der Waals surface area contributed by atoms with E-state index in [1.807, 2.05) is 4.90 Å². The van der Waals surface area contributed by atoms with Gasteiger partial charge in [0.2, 0.25) is 0 Å². The topological polar surface area (TPSA) is 46.3 Å². The van der Waals surface area contributed by atoms with E-state index < -0.39 is 0 Å². The predicted molar refractivity (Wildman–Crippen MR) is 74.7 cm³/mol. The third-order valence-electron chi connectivity index (χ3n) is 3.40. The number of halogens is 1. The zero-order valence-electron chi connectivity index (χ0n) is 10.8. The van der Waals surface area contributed by atoms with Crippen molar-refractivity contribution in [2.24, 2.45) is 11.8 Å². The molecule has 98 valence electrons. The summed E-state index contributed by atoms with van der Waals surface area (Å²) in [6, 6.07) is 5.08. The summed E-state index contributed by atoms with van der Waals surface area (Å²) in [5.41, 5.74) is 6.82. The predicted octanol–water partition coefficient (Wildman–Crippen LogP) is 3.04. The lowest BCUT2D eigenvalue weighted by molar-refractivity contribution is 0.0623. The van der Waals surface area contributed by atoms with Gasteiger partial charge in [-0.3, -0.25) is 4.79 Å². The third kappa shape index (κ3) is 2.78. The van der Waals surface area contributed by atoms with E-state index in [9.17, 15) is 4.79 Å². The van der Waals surface area contributed by atoms with Crippen molar-refractivity contribution >= 4 is 23.2 Å². The first-order valence-corrected chi connectivity index (χ1v) is 6.69. The molecule has 1 aromatic carbocycles. The standard InChI is InChI=1S/C14H19ClN2O/c1-9-5-10(2)8-17(7-9)14(18)11-3-4-12(15)13(16)6-11/h3-4,6,9-10H,5,7-8,16H2,1-2H3/t9-,10-/m0/s1. The molecule has 2 N–H and O–H groups in total. The Morgan fingerprint density at radius 2 is 1.94 bits per heavy atom. The Kier molecular flexibility index (Phi) is 3.81. The van der Waals surface area contributed by atoms with Gasteiger partial charge in [-0.05, 0) is 36.5 Å². The van der Waals surface area contributed by atoms with Crippen LogP contribution in [0.5, 0.6) is 0 Å². The van der Waals surface area contributed by atoms with Crippen molar-refractivity contribution in [1.29, 1.82) is 0 Å². The first kappa shape index (κ1) is 13.2. The lowest BCUT2D eigenvalue weighted by Crippen LogP contribution is -2.42. The van der Waals surface area contributed by atoms with Crippen molar-refractivity contribution in [2.45, 2.75) is 20.3 Å². The number of amides is 1. The molecule has 1 heterocycles. The molecule has 0 saturated carbocycles. The minimum absolute atomic E-state index is 0.0526. The Balaban J connectivity index is 2.17. The number of nitrogen functional groups attached to an aromatic ring is 1. The summed E-state index contributed by atoms with van der Waals surface area (Å²) in [6.07, 6.45) is 1.19. The summed E-state index contributed by atoms with van der Waals surface area (Å²) in [5.74, 6) is 1.17. The zero-order valence-corrected chi connectivity index (χ0v) is 11.6. The SMILES string of the molecule is C[C@H]1C[C@H](C)CN(C(=O)c2ccc(Cl)c(N)c2)C1. The summed E-state index contributed by atoms with van der Waals surface area (Å²) in [7, 11) is 0. The van der Waals surface area contributed by atoms with E-state index in [4.69, 9.17) is 17.3 Å². The Bertz CT molecular complexity index is 451. The van der Waals surface area contributed by atoms with Gasteiger partial charge in [0.15, 0.2) is 0 Å². The maximum Gasteiger partial charge on any atom is 0.253 e. The quantitative estimate of drug-likeness (QED) is 0.794. The lowest BCUT2D eigenvalue weighted by Gasteiger charge is -2.35. The van der Waals surface area contributed by atoms with Crippen molar-refractivity contribution in [3.05, 3.63) is 28.8 Å². The van der Waals surface area contributed by atoms with E-state index in [1.165, 1.54) is 6.42 Å². The van der Waals surface area contributed by atoms with Gasteiger partial charge in [0, 0.05) is 18.7 Å². The fourth-order valence-electron chi connectivity index (χ4n) is 2.69. The number of piperidine rings is 1. The van der Waals surface area contributed by atoms with E-state index in [0.29, 0.717) is 28.1 Å². The third-order valence-corrected chi connectivity index (χ3v) is 3.74.